The van der Waals surface area contributed by atoms with Crippen molar-refractivity contribution in [2.24, 2.45) is 11.8 Å². The van der Waals surface area contributed by atoms with Gasteiger partial charge in [-0.2, -0.15) is 0 Å². The van der Waals surface area contributed by atoms with Crippen molar-refractivity contribution in [1.29, 1.82) is 0 Å². The van der Waals surface area contributed by atoms with E-state index in [0.717, 1.165) is 25.6 Å². The van der Waals surface area contributed by atoms with Crippen LogP contribution in [0.15, 0.2) is 18.3 Å². The largest absolute Gasteiger partial charge is 0.386 e. The molecule has 1 aliphatic rings. The molecule has 1 fully saturated rings. The molecular weight excluding hydrogens is 267 g/mol. The molecule has 4 heteroatoms. The van der Waals surface area contributed by atoms with Crippen LogP contribution in [0.25, 0.3) is 0 Å². The van der Waals surface area contributed by atoms with Crippen molar-refractivity contribution in [3.05, 3.63) is 29.8 Å². The van der Waals surface area contributed by atoms with E-state index in [-0.39, 0.29) is 11.7 Å². The van der Waals surface area contributed by atoms with Crippen molar-refractivity contribution < 1.29 is 9.50 Å². The first-order valence-corrected chi connectivity index (χ1v) is 8.12. The average molecular weight is 294 g/mol. The van der Waals surface area contributed by atoms with Crippen LogP contribution in [0.1, 0.15) is 51.3 Å². The maximum absolute atomic E-state index is 12.9. The molecule has 21 heavy (non-hydrogen) atoms. The summed E-state index contributed by atoms with van der Waals surface area (Å²) in [5.74, 6) is 0.590. The highest BCUT2D eigenvalue weighted by atomic mass is 19.1. The molecule has 1 aromatic heterocycles. The monoisotopic (exact) mass is 294 g/mol. The molecular formula is C17H27FN2O. The summed E-state index contributed by atoms with van der Waals surface area (Å²) in [4.78, 5) is 6.44. The van der Waals surface area contributed by atoms with E-state index in [9.17, 15) is 9.50 Å². The number of likely N-dealkylation sites (tertiary alicyclic amines) is 1. The zero-order chi connectivity index (χ0) is 15.2. The quantitative estimate of drug-likeness (QED) is 0.904. The molecule has 1 aliphatic heterocycles. The number of pyridine rings is 1. The van der Waals surface area contributed by atoms with Gasteiger partial charge >= 0.3 is 0 Å². The molecule has 1 aromatic rings. The van der Waals surface area contributed by atoms with Crippen LogP contribution in [-0.2, 0) is 0 Å². The van der Waals surface area contributed by atoms with E-state index in [1.54, 1.807) is 6.07 Å². The lowest BCUT2D eigenvalue weighted by atomic mass is 9.98. The molecule has 0 spiro atoms. The molecule has 1 saturated heterocycles. The molecule has 0 amide bonds. The van der Waals surface area contributed by atoms with Gasteiger partial charge in [0.1, 0.15) is 5.82 Å². The third kappa shape index (κ3) is 4.75. The Hall–Kier alpha value is -1.00. The fourth-order valence-electron chi connectivity index (χ4n) is 3.18. The SMILES string of the molecule is CCC1CCCN(CC(C)C(O)c2ccc(F)cn2)CC1. The molecule has 1 N–H and O–H groups in total. The summed E-state index contributed by atoms with van der Waals surface area (Å²) in [6, 6.07) is 2.93. The number of aliphatic hydroxyl groups is 1. The summed E-state index contributed by atoms with van der Waals surface area (Å²) < 4.78 is 12.9. The molecule has 2 rings (SSSR count). The van der Waals surface area contributed by atoms with Gasteiger partial charge < -0.3 is 10.0 Å². The zero-order valence-electron chi connectivity index (χ0n) is 13.1. The summed E-state index contributed by atoms with van der Waals surface area (Å²) in [6.45, 7) is 7.41. The number of rotatable bonds is 5. The molecule has 2 heterocycles. The fraction of sp³-hybridized carbons (Fsp3) is 0.706. The van der Waals surface area contributed by atoms with Gasteiger partial charge in [0.2, 0.25) is 0 Å². The molecule has 0 aliphatic carbocycles. The number of hydrogen-bond acceptors (Lipinski definition) is 3. The first-order chi connectivity index (χ1) is 10.1. The number of aliphatic hydroxyl groups excluding tert-OH is 1. The third-order valence-corrected chi connectivity index (χ3v) is 4.66. The van der Waals surface area contributed by atoms with E-state index in [2.05, 4.69) is 16.8 Å². The van der Waals surface area contributed by atoms with Gasteiger partial charge in [-0.3, -0.25) is 4.98 Å². The van der Waals surface area contributed by atoms with Crippen molar-refractivity contribution in [3.8, 4) is 0 Å². The van der Waals surface area contributed by atoms with Gasteiger partial charge in [0.15, 0.2) is 0 Å². The number of nitrogens with zero attached hydrogens (tertiary/aromatic N) is 2. The zero-order valence-corrected chi connectivity index (χ0v) is 13.1. The minimum Gasteiger partial charge on any atom is -0.386 e. The van der Waals surface area contributed by atoms with Crippen LogP contribution in [0.5, 0.6) is 0 Å². The first kappa shape index (κ1) is 16.4. The number of aromatic nitrogens is 1. The molecule has 118 valence electrons. The van der Waals surface area contributed by atoms with Crippen molar-refractivity contribution in [2.75, 3.05) is 19.6 Å². The average Bonchev–Trinajstić information content (AvgIpc) is 2.72. The summed E-state index contributed by atoms with van der Waals surface area (Å²) in [5, 5.41) is 10.4. The maximum atomic E-state index is 12.9. The van der Waals surface area contributed by atoms with Crippen molar-refractivity contribution in [3.63, 3.8) is 0 Å². The Morgan fingerprint density at radius 1 is 1.38 bits per heavy atom. The highest BCUT2D eigenvalue weighted by Gasteiger charge is 2.22. The summed E-state index contributed by atoms with van der Waals surface area (Å²) in [7, 11) is 0. The summed E-state index contributed by atoms with van der Waals surface area (Å²) in [5.41, 5.74) is 0.560. The highest BCUT2D eigenvalue weighted by molar-refractivity contribution is 5.08. The van der Waals surface area contributed by atoms with Crippen LogP contribution in [0.4, 0.5) is 4.39 Å². The Morgan fingerprint density at radius 2 is 2.19 bits per heavy atom. The van der Waals surface area contributed by atoms with Crippen LogP contribution in [-0.4, -0.2) is 34.6 Å². The maximum Gasteiger partial charge on any atom is 0.141 e. The van der Waals surface area contributed by atoms with E-state index in [1.165, 1.54) is 37.9 Å². The van der Waals surface area contributed by atoms with E-state index in [1.807, 2.05) is 6.92 Å². The van der Waals surface area contributed by atoms with Crippen LogP contribution in [0, 0.1) is 17.7 Å². The molecule has 0 radical (unpaired) electrons. The second-order valence-electron chi connectivity index (χ2n) is 6.33. The van der Waals surface area contributed by atoms with E-state index >= 15 is 0 Å². The number of halogens is 1. The molecule has 0 aromatic carbocycles. The fourth-order valence-corrected chi connectivity index (χ4v) is 3.18. The minimum absolute atomic E-state index is 0.0983. The molecule has 3 unspecified atom stereocenters. The Labute approximate surface area is 127 Å². The van der Waals surface area contributed by atoms with Gasteiger partial charge in [-0.05, 0) is 50.4 Å². The van der Waals surface area contributed by atoms with E-state index in [4.69, 9.17) is 0 Å². The molecule has 0 bridgehead atoms. The summed E-state index contributed by atoms with van der Waals surface area (Å²) >= 11 is 0. The van der Waals surface area contributed by atoms with Crippen LogP contribution in [0.3, 0.4) is 0 Å². The smallest absolute Gasteiger partial charge is 0.141 e. The third-order valence-electron chi connectivity index (χ3n) is 4.66. The lowest BCUT2D eigenvalue weighted by Crippen LogP contribution is -2.32. The first-order valence-electron chi connectivity index (χ1n) is 8.12. The van der Waals surface area contributed by atoms with Crippen molar-refractivity contribution >= 4 is 0 Å². The topological polar surface area (TPSA) is 36.4 Å². The van der Waals surface area contributed by atoms with Gasteiger partial charge in [0, 0.05) is 12.5 Å². The summed E-state index contributed by atoms with van der Waals surface area (Å²) in [6.07, 6.45) is 5.64. The van der Waals surface area contributed by atoms with Crippen LogP contribution < -0.4 is 0 Å². The van der Waals surface area contributed by atoms with Crippen molar-refractivity contribution in [2.45, 2.75) is 45.6 Å². The number of hydrogen-bond donors (Lipinski definition) is 1. The van der Waals surface area contributed by atoms with Crippen LogP contribution in [0.2, 0.25) is 0 Å². The molecule has 3 nitrogen and oxygen atoms in total. The predicted octanol–water partition coefficient (Wildman–Crippen LogP) is 3.40. The van der Waals surface area contributed by atoms with Gasteiger partial charge in [0.25, 0.3) is 0 Å². The second-order valence-corrected chi connectivity index (χ2v) is 6.33. The van der Waals surface area contributed by atoms with Gasteiger partial charge in [-0.25, -0.2) is 4.39 Å². The van der Waals surface area contributed by atoms with Gasteiger partial charge in [-0.15, -0.1) is 0 Å². The van der Waals surface area contributed by atoms with Crippen molar-refractivity contribution in [1.82, 2.24) is 9.88 Å². The van der Waals surface area contributed by atoms with Crippen LogP contribution >= 0.6 is 0 Å². The standard InChI is InChI=1S/C17H27FN2O/c1-3-14-5-4-9-20(10-8-14)12-13(2)17(21)16-7-6-15(18)11-19-16/h6-7,11,13-14,17,21H,3-5,8-10,12H2,1-2H3. The van der Waals surface area contributed by atoms with E-state index in [0.29, 0.717) is 5.69 Å². The Kier molecular flexibility index (Phi) is 6.12. The van der Waals surface area contributed by atoms with E-state index < -0.39 is 6.10 Å². The van der Waals surface area contributed by atoms with Gasteiger partial charge in [-0.1, -0.05) is 20.3 Å². The Morgan fingerprint density at radius 3 is 2.86 bits per heavy atom. The lowest BCUT2D eigenvalue weighted by molar-refractivity contribution is 0.0852. The molecule has 3 atom stereocenters. The highest BCUT2D eigenvalue weighted by Crippen LogP contribution is 2.24. The minimum atomic E-state index is -0.629. The normalized spacial score (nSPS) is 23.5. The van der Waals surface area contributed by atoms with Gasteiger partial charge in [0.05, 0.1) is 18.0 Å². The second kappa shape index (κ2) is 7.85. The Balaban J connectivity index is 1.88. The Bertz CT molecular complexity index is 423. The predicted molar refractivity (Wildman–Crippen MR) is 82.4 cm³/mol. The molecule has 0 saturated carbocycles. The lowest BCUT2D eigenvalue weighted by Gasteiger charge is -2.27.